The summed E-state index contributed by atoms with van der Waals surface area (Å²) in [5, 5.41) is 4.28. The first-order valence-corrected chi connectivity index (χ1v) is 6.53. The van der Waals surface area contributed by atoms with Crippen molar-refractivity contribution in [3.63, 3.8) is 0 Å². The predicted molar refractivity (Wildman–Crippen MR) is 73.8 cm³/mol. The third-order valence-corrected chi connectivity index (χ3v) is 3.05. The Labute approximate surface area is 116 Å². The molecule has 100 valence electrons. The Balaban J connectivity index is 2.31. The lowest BCUT2D eigenvalue weighted by Crippen LogP contribution is -2.02. The summed E-state index contributed by atoms with van der Waals surface area (Å²) in [6.45, 7) is 4.00. The molecule has 0 fully saturated rings. The summed E-state index contributed by atoms with van der Waals surface area (Å²) in [5.74, 6) is 0.471. The normalized spacial score (nSPS) is 10.3. The Hall–Kier alpha value is -1.89. The summed E-state index contributed by atoms with van der Waals surface area (Å²) in [4.78, 5) is 17.0. The van der Waals surface area contributed by atoms with Gasteiger partial charge in [-0.15, -0.1) is 0 Å². The van der Waals surface area contributed by atoms with E-state index in [0.717, 1.165) is 16.3 Å². The van der Waals surface area contributed by atoms with Crippen molar-refractivity contribution >= 4 is 17.7 Å². The van der Waals surface area contributed by atoms with Crippen molar-refractivity contribution in [3.8, 4) is 6.01 Å². The molecule has 0 saturated carbocycles. The van der Waals surface area contributed by atoms with Crippen molar-refractivity contribution in [1.82, 2.24) is 19.9 Å². The third-order valence-electron chi connectivity index (χ3n) is 2.27. The maximum Gasteiger partial charge on any atom is 0.321 e. The third kappa shape index (κ3) is 3.54. The Morgan fingerprint density at radius 3 is 2.53 bits per heavy atom. The van der Waals surface area contributed by atoms with Gasteiger partial charge in [0.1, 0.15) is 5.03 Å². The van der Waals surface area contributed by atoms with E-state index in [-0.39, 0.29) is 6.01 Å². The van der Waals surface area contributed by atoms with Gasteiger partial charge in [0.25, 0.3) is 0 Å². The van der Waals surface area contributed by atoms with Crippen LogP contribution in [0.25, 0.3) is 0 Å². The van der Waals surface area contributed by atoms with Crippen molar-refractivity contribution in [2.75, 3.05) is 19.5 Å². The SMILES string of the molecule is CNc1nc(OC)nc(Sc2cc(C)cc(C)n2)n1. The van der Waals surface area contributed by atoms with Gasteiger partial charge >= 0.3 is 6.01 Å². The first kappa shape index (κ1) is 13.5. The average Bonchev–Trinajstić information content (AvgIpc) is 2.37. The van der Waals surface area contributed by atoms with E-state index < -0.39 is 0 Å². The molecule has 0 bridgehead atoms. The van der Waals surface area contributed by atoms with Crippen LogP contribution < -0.4 is 10.1 Å². The van der Waals surface area contributed by atoms with Crippen LogP contribution in [-0.2, 0) is 0 Å². The fourth-order valence-electron chi connectivity index (χ4n) is 1.54. The molecule has 6 nitrogen and oxygen atoms in total. The number of hydrogen-bond donors (Lipinski definition) is 1. The van der Waals surface area contributed by atoms with Crippen LogP contribution in [0, 0.1) is 13.8 Å². The van der Waals surface area contributed by atoms with Gasteiger partial charge in [-0.3, -0.25) is 0 Å². The molecule has 0 amide bonds. The minimum Gasteiger partial charge on any atom is -0.467 e. The van der Waals surface area contributed by atoms with Crippen LogP contribution in [0.3, 0.4) is 0 Å². The molecule has 2 rings (SSSR count). The minimum atomic E-state index is 0.284. The van der Waals surface area contributed by atoms with Crippen LogP contribution in [0.2, 0.25) is 0 Å². The van der Waals surface area contributed by atoms with Crippen LogP contribution >= 0.6 is 11.8 Å². The molecule has 0 atom stereocenters. The fourth-order valence-corrected chi connectivity index (χ4v) is 2.41. The molecule has 0 aliphatic carbocycles. The summed E-state index contributed by atoms with van der Waals surface area (Å²) in [5.41, 5.74) is 2.13. The van der Waals surface area contributed by atoms with Gasteiger partial charge in [-0.1, -0.05) is 0 Å². The Kier molecular flexibility index (Phi) is 4.16. The first-order valence-electron chi connectivity index (χ1n) is 5.71. The molecule has 2 heterocycles. The first-order chi connectivity index (χ1) is 9.10. The summed E-state index contributed by atoms with van der Waals surface area (Å²) in [6, 6.07) is 4.30. The summed E-state index contributed by atoms with van der Waals surface area (Å²) in [6.07, 6.45) is 0. The number of anilines is 1. The molecule has 2 aromatic rings. The zero-order valence-electron chi connectivity index (χ0n) is 11.3. The van der Waals surface area contributed by atoms with E-state index in [9.17, 15) is 0 Å². The Morgan fingerprint density at radius 1 is 1.11 bits per heavy atom. The molecule has 0 saturated heterocycles. The highest BCUT2D eigenvalue weighted by atomic mass is 32.2. The largest absolute Gasteiger partial charge is 0.467 e. The van der Waals surface area contributed by atoms with Gasteiger partial charge in [0, 0.05) is 12.7 Å². The maximum atomic E-state index is 5.05. The van der Waals surface area contributed by atoms with Crippen LogP contribution in [-0.4, -0.2) is 34.1 Å². The summed E-state index contributed by atoms with van der Waals surface area (Å²) < 4.78 is 5.05. The highest BCUT2D eigenvalue weighted by Crippen LogP contribution is 2.25. The molecule has 0 aliphatic rings. The molecule has 0 unspecified atom stereocenters. The zero-order valence-corrected chi connectivity index (χ0v) is 12.1. The predicted octanol–water partition coefficient (Wildman–Crippen LogP) is 2.08. The molecule has 19 heavy (non-hydrogen) atoms. The van der Waals surface area contributed by atoms with Crippen molar-refractivity contribution in [2.24, 2.45) is 0 Å². The van der Waals surface area contributed by atoms with Gasteiger partial charge in [0.15, 0.2) is 0 Å². The van der Waals surface area contributed by atoms with Crippen LogP contribution in [0.5, 0.6) is 6.01 Å². The number of methoxy groups -OCH3 is 1. The minimum absolute atomic E-state index is 0.284. The van der Waals surface area contributed by atoms with Crippen LogP contribution in [0.1, 0.15) is 11.3 Å². The van der Waals surface area contributed by atoms with Gasteiger partial charge < -0.3 is 10.1 Å². The van der Waals surface area contributed by atoms with Crippen molar-refractivity contribution in [1.29, 1.82) is 0 Å². The van der Waals surface area contributed by atoms with E-state index in [4.69, 9.17) is 4.74 Å². The summed E-state index contributed by atoms with van der Waals surface area (Å²) >= 11 is 1.38. The second-order valence-electron chi connectivity index (χ2n) is 3.90. The quantitative estimate of drug-likeness (QED) is 0.917. The van der Waals surface area contributed by atoms with E-state index in [2.05, 4.69) is 25.3 Å². The van der Waals surface area contributed by atoms with Gasteiger partial charge in [0.2, 0.25) is 11.1 Å². The second kappa shape index (κ2) is 5.83. The van der Waals surface area contributed by atoms with Gasteiger partial charge in [-0.05, 0) is 43.3 Å². The fraction of sp³-hybridized carbons (Fsp3) is 0.333. The van der Waals surface area contributed by atoms with E-state index in [1.165, 1.54) is 18.9 Å². The molecule has 0 aromatic carbocycles. The number of pyridine rings is 1. The topological polar surface area (TPSA) is 72.8 Å². The molecule has 0 radical (unpaired) electrons. The smallest absolute Gasteiger partial charge is 0.321 e. The van der Waals surface area contributed by atoms with Crippen molar-refractivity contribution in [2.45, 2.75) is 24.0 Å². The van der Waals surface area contributed by atoms with E-state index >= 15 is 0 Å². The number of nitrogens with zero attached hydrogens (tertiary/aromatic N) is 4. The standard InChI is InChI=1S/C12H15N5OS/c1-7-5-8(2)14-9(6-7)19-12-16-10(13-3)15-11(17-12)18-4/h5-6H,1-4H3,(H,13,15,16,17). The van der Waals surface area contributed by atoms with Crippen molar-refractivity contribution in [3.05, 3.63) is 23.4 Å². The molecular weight excluding hydrogens is 262 g/mol. The number of nitrogens with one attached hydrogen (secondary N) is 1. The van der Waals surface area contributed by atoms with E-state index in [0.29, 0.717) is 11.1 Å². The number of rotatable bonds is 4. The average molecular weight is 277 g/mol. The van der Waals surface area contributed by atoms with E-state index in [1.807, 2.05) is 26.0 Å². The number of aryl methyl sites for hydroxylation is 2. The Bertz CT molecular complexity index is 548. The lowest BCUT2D eigenvalue weighted by atomic mass is 10.3. The van der Waals surface area contributed by atoms with E-state index in [1.54, 1.807) is 7.05 Å². The highest BCUT2D eigenvalue weighted by Gasteiger charge is 2.09. The summed E-state index contributed by atoms with van der Waals surface area (Å²) in [7, 11) is 3.27. The number of aromatic nitrogens is 4. The number of ether oxygens (including phenoxy) is 1. The zero-order chi connectivity index (χ0) is 13.8. The molecule has 7 heteroatoms. The monoisotopic (exact) mass is 277 g/mol. The highest BCUT2D eigenvalue weighted by molar-refractivity contribution is 7.99. The van der Waals surface area contributed by atoms with Crippen molar-refractivity contribution < 1.29 is 4.74 Å². The van der Waals surface area contributed by atoms with Crippen LogP contribution in [0.15, 0.2) is 22.3 Å². The van der Waals surface area contributed by atoms with Gasteiger partial charge in [0.05, 0.1) is 7.11 Å². The van der Waals surface area contributed by atoms with Gasteiger partial charge in [-0.2, -0.15) is 15.0 Å². The molecule has 1 N–H and O–H groups in total. The molecule has 0 spiro atoms. The second-order valence-corrected chi connectivity index (χ2v) is 4.89. The van der Waals surface area contributed by atoms with Crippen LogP contribution in [0.4, 0.5) is 5.95 Å². The lowest BCUT2D eigenvalue weighted by Gasteiger charge is -2.06. The Morgan fingerprint density at radius 2 is 1.89 bits per heavy atom. The number of hydrogen-bond acceptors (Lipinski definition) is 7. The maximum absolute atomic E-state index is 5.05. The lowest BCUT2D eigenvalue weighted by molar-refractivity contribution is 0.374. The molecule has 0 aliphatic heterocycles. The molecule has 2 aromatic heterocycles. The molecular formula is C12H15N5OS. The van der Waals surface area contributed by atoms with Gasteiger partial charge in [-0.25, -0.2) is 4.98 Å².